The Morgan fingerprint density at radius 2 is 1.85 bits per heavy atom. The van der Waals surface area contributed by atoms with Gasteiger partial charge in [-0.05, 0) is 34.1 Å². The predicted octanol–water partition coefficient (Wildman–Crippen LogP) is 3.69. The first kappa shape index (κ1) is 13.6. The Labute approximate surface area is 129 Å². The maximum atomic E-state index is 12.6. The fourth-order valence-electron chi connectivity index (χ4n) is 1.93. The van der Waals surface area contributed by atoms with Crippen molar-refractivity contribution in [1.29, 1.82) is 0 Å². The standard InChI is InChI=1S/C13H8BrClN2O2S/c14-10-8-17(13-12(10)11(15)6-7-16-13)20(18,19)9-4-2-1-3-5-9/h1-8H. The zero-order chi connectivity index (χ0) is 14.3. The fraction of sp³-hybridized carbons (Fsp3) is 0. The summed E-state index contributed by atoms with van der Waals surface area (Å²) in [5, 5.41) is 1.03. The number of aromatic nitrogens is 2. The van der Waals surface area contributed by atoms with Gasteiger partial charge in [-0.1, -0.05) is 29.8 Å². The van der Waals surface area contributed by atoms with Gasteiger partial charge in [0.15, 0.2) is 5.65 Å². The second-order valence-electron chi connectivity index (χ2n) is 4.08. The molecule has 2 aromatic heterocycles. The molecule has 0 N–H and O–H groups in total. The first-order valence-electron chi connectivity index (χ1n) is 5.63. The summed E-state index contributed by atoms with van der Waals surface area (Å²) in [6, 6.07) is 9.81. The minimum Gasteiger partial charge on any atom is -0.237 e. The molecule has 0 aliphatic heterocycles. The van der Waals surface area contributed by atoms with Crippen LogP contribution in [0.1, 0.15) is 0 Å². The molecule has 0 fully saturated rings. The lowest BCUT2D eigenvalue weighted by Crippen LogP contribution is -2.12. The van der Waals surface area contributed by atoms with Gasteiger partial charge in [-0.15, -0.1) is 0 Å². The van der Waals surface area contributed by atoms with Crippen LogP contribution in [0.5, 0.6) is 0 Å². The molecule has 7 heteroatoms. The number of rotatable bonds is 2. The molecule has 0 saturated carbocycles. The van der Waals surface area contributed by atoms with Crippen LogP contribution in [0.4, 0.5) is 0 Å². The zero-order valence-electron chi connectivity index (χ0n) is 9.99. The average Bonchev–Trinajstić information content (AvgIpc) is 2.79. The molecule has 0 amide bonds. The van der Waals surface area contributed by atoms with Gasteiger partial charge in [0.25, 0.3) is 10.0 Å². The Balaban J connectivity index is 2.34. The van der Waals surface area contributed by atoms with Crippen molar-refractivity contribution < 1.29 is 8.42 Å². The van der Waals surface area contributed by atoms with E-state index in [9.17, 15) is 8.42 Å². The summed E-state index contributed by atoms with van der Waals surface area (Å²) in [6.45, 7) is 0. The number of benzene rings is 1. The van der Waals surface area contributed by atoms with Crippen LogP contribution in [-0.4, -0.2) is 17.4 Å². The zero-order valence-corrected chi connectivity index (χ0v) is 13.2. The first-order chi connectivity index (χ1) is 9.51. The quantitative estimate of drug-likeness (QED) is 0.690. The fourth-order valence-corrected chi connectivity index (χ4v) is 4.36. The van der Waals surface area contributed by atoms with E-state index in [-0.39, 0.29) is 4.90 Å². The molecule has 0 unspecified atom stereocenters. The van der Waals surface area contributed by atoms with Crippen molar-refractivity contribution in [3.63, 3.8) is 0 Å². The Morgan fingerprint density at radius 1 is 1.15 bits per heavy atom. The van der Waals surface area contributed by atoms with Gasteiger partial charge >= 0.3 is 0 Å². The molecule has 4 nitrogen and oxygen atoms in total. The van der Waals surface area contributed by atoms with Crippen LogP contribution >= 0.6 is 27.5 Å². The van der Waals surface area contributed by atoms with E-state index in [1.165, 1.54) is 12.4 Å². The first-order valence-corrected chi connectivity index (χ1v) is 8.24. The molecule has 0 radical (unpaired) electrons. The molecular weight excluding hydrogens is 364 g/mol. The van der Waals surface area contributed by atoms with E-state index in [1.807, 2.05) is 0 Å². The SMILES string of the molecule is O=S(=O)(c1ccccc1)n1cc(Br)c2c(Cl)ccnc21. The van der Waals surface area contributed by atoms with Crippen molar-refractivity contribution in [3.05, 3.63) is 58.3 Å². The van der Waals surface area contributed by atoms with E-state index < -0.39 is 10.0 Å². The van der Waals surface area contributed by atoms with Crippen molar-refractivity contribution in [2.75, 3.05) is 0 Å². The molecule has 3 rings (SSSR count). The number of fused-ring (bicyclic) bond motifs is 1. The normalized spacial score (nSPS) is 11.9. The Morgan fingerprint density at radius 3 is 2.55 bits per heavy atom. The van der Waals surface area contributed by atoms with Crippen molar-refractivity contribution in [2.45, 2.75) is 4.90 Å². The molecule has 0 saturated heterocycles. The molecule has 3 aromatic rings. The van der Waals surface area contributed by atoms with Crippen molar-refractivity contribution in [3.8, 4) is 0 Å². The topological polar surface area (TPSA) is 52.0 Å². The summed E-state index contributed by atoms with van der Waals surface area (Å²) in [7, 11) is -3.70. The number of nitrogens with zero attached hydrogens (tertiary/aromatic N) is 2. The molecule has 0 aliphatic carbocycles. The monoisotopic (exact) mass is 370 g/mol. The highest BCUT2D eigenvalue weighted by Crippen LogP contribution is 2.32. The van der Waals surface area contributed by atoms with Crippen molar-refractivity contribution in [1.82, 2.24) is 8.96 Å². The molecule has 102 valence electrons. The van der Waals surface area contributed by atoms with Crippen LogP contribution in [0.15, 0.2) is 58.2 Å². The average molecular weight is 372 g/mol. The third-order valence-electron chi connectivity index (χ3n) is 2.86. The van der Waals surface area contributed by atoms with E-state index >= 15 is 0 Å². The minimum absolute atomic E-state index is 0.200. The highest BCUT2D eigenvalue weighted by molar-refractivity contribution is 9.10. The molecule has 0 bridgehead atoms. The lowest BCUT2D eigenvalue weighted by molar-refractivity contribution is 0.588. The predicted molar refractivity (Wildman–Crippen MR) is 81.5 cm³/mol. The molecular formula is C13H8BrClN2O2S. The number of pyridine rings is 1. The second-order valence-corrected chi connectivity index (χ2v) is 7.16. The van der Waals surface area contributed by atoms with Crippen LogP contribution in [0.25, 0.3) is 11.0 Å². The van der Waals surface area contributed by atoms with Crippen LogP contribution in [0.2, 0.25) is 5.02 Å². The summed E-state index contributed by atoms with van der Waals surface area (Å²) < 4.78 is 27.0. The highest BCUT2D eigenvalue weighted by Gasteiger charge is 2.22. The summed E-state index contributed by atoms with van der Waals surface area (Å²) >= 11 is 9.42. The summed E-state index contributed by atoms with van der Waals surface area (Å²) in [5.41, 5.74) is 0.299. The summed E-state index contributed by atoms with van der Waals surface area (Å²) in [6.07, 6.45) is 2.94. The van der Waals surface area contributed by atoms with Gasteiger partial charge in [-0.25, -0.2) is 17.4 Å². The number of halogens is 2. The van der Waals surface area contributed by atoms with Crippen LogP contribution in [-0.2, 0) is 10.0 Å². The van der Waals surface area contributed by atoms with Crippen LogP contribution in [0.3, 0.4) is 0 Å². The second kappa shape index (κ2) is 4.87. The smallest absolute Gasteiger partial charge is 0.237 e. The van der Waals surface area contributed by atoms with Crippen LogP contribution < -0.4 is 0 Å². The summed E-state index contributed by atoms with van der Waals surface area (Å²) in [4.78, 5) is 4.32. The largest absolute Gasteiger partial charge is 0.269 e. The van der Waals surface area contributed by atoms with Gasteiger partial charge in [0.1, 0.15) is 0 Å². The van der Waals surface area contributed by atoms with E-state index in [4.69, 9.17) is 11.6 Å². The third-order valence-corrected chi connectivity index (χ3v) is 5.44. The van der Waals surface area contributed by atoms with Gasteiger partial charge in [-0.2, -0.15) is 0 Å². The highest BCUT2D eigenvalue weighted by atomic mass is 79.9. The van der Waals surface area contributed by atoms with Gasteiger partial charge in [-0.3, -0.25) is 0 Å². The van der Waals surface area contributed by atoms with Crippen molar-refractivity contribution in [2.24, 2.45) is 0 Å². The lowest BCUT2D eigenvalue weighted by atomic mass is 10.3. The van der Waals surface area contributed by atoms with E-state index in [1.54, 1.807) is 36.4 Å². The number of hydrogen-bond donors (Lipinski definition) is 0. The van der Waals surface area contributed by atoms with Crippen molar-refractivity contribution >= 4 is 48.6 Å². The molecule has 1 aromatic carbocycles. The summed E-state index contributed by atoms with van der Waals surface area (Å²) in [5.74, 6) is 0. The number of hydrogen-bond acceptors (Lipinski definition) is 3. The van der Waals surface area contributed by atoms with Gasteiger partial charge in [0.2, 0.25) is 0 Å². The Hall–Kier alpha value is -1.37. The maximum absolute atomic E-state index is 12.6. The lowest BCUT2D eigenvalue weighted by Gasteiger charge is -2.06. The molecule has 0 spiro atoms. The van der Waals surface area contributed by atoms with Gasteiger partial charge in [0, 0.05) is 16.9 Å². The van der Waals surface area contributed by atoms with Gasteiger partial charge in [0.05, 0.1) is 15.3 Å². The molecule has 20 heavy (non-hydrogen) atoms. The van der Waals surface area contributed by atoms with Gasteiger partial charge < -0.3 is 0 Å². The Kier molecular flexibility index (Phi) is 3.32. The van der Waals surface area contributed by atoms with Crippen LogP contribution in [0, 0.1) is 0 Å². The molecule has 0 atom stereocenters. The minimum atomic E-state index is -3.70. The van der Waals surface area contributed by atoms with E-state index in [0.717, 1.165) is 3.97 Å². The van der Waals surface area contributed by atoms with E-state index in [0.29, 0.717) is 20.5 Å². The van der Waals surface area contributed by atoms with E-state index in [2.05, 4.69) is 20.9 Å². The Bertz CT molecular complexity index is 891. The maximum Gasteiger partial charge on any atom is 0.269 e. The third kappa shape index (κ3) is 2.04. The molecule has 2 heterocycles. The molecule has 0 aliphatic rings.